The molecular formula is C29H44N4O4S. The lowest BCUT2D eigenvalue weighted by molar-refractivity contribution is -0.129. The molecule has 2 saturated carbocycles. The van der Waals surface area contributed by atoms with Crippen molar-refractivity contribution in [3.8, 4) is 0 Å². The Balaban J connectivity index is 1.32. The van der Waals surface area contributed by atoms with Gasteiger partial charge in [0.15, 0.2) is 0 Å². The van der Waals surface area contributed by atoms with Gasteiger partial charge in [0, 0.05) is 31.4 Å². The van der Waals surface area contributed by atoms with E-state index in [1.807, 2.05) is 26.0 Å². The maximum atomic E-state index is 13.6. The summed E-state index contributed by atoms with van der Waals surface area (Å²) < 4.78 is 25.9. The van der Waals surface area contributed by atoms with E-state index in [0.29, 0.717) is 30.6 Å². The van der Waals surface area contributed by atoms with Crippen LogP contribution < -0.4 is 0 Å². The van der Waals surface area contributed by atoms with Crippen LogP contribution in [-0.2, 0) is 21.4 Å². The highest BCUT2D eigenvalue weighted by atomic mass is 32.2. The minimum atomic E-state index is -3.69. The highest BCUT2D eigenvalue weighted by Gasteiger charge is 2.58. The number of likely N-dealkylation sites (tertiary alicyclic amines) is 1. The molecule has 1 aromatic rings. The second-order valence-corrected chi connectivity index (χ2v) is 14.2. The number of amides is 2. The Hall–Kier alpha value is -2.00. The van der Waals surface area contributed by atoms with Crippen LogP contribution in [0.1, 0.15) is 101 Å². The Morgan fingerprint density at radius 1 is 1.00 bits per heavy atom. The van der Waals surface area contributed by atoms with Gasteiger partial charge in [-0.15, -0.1) is 0 Å². The predicted molar refractivity (Wildman–Crippen MR) is 147 cm³/mol. The lowest BCUT2D eigenvalue weighted by atomic mass is 9.88. The van der Waals surface area contributed by atoms with Gasteiger partial charge in [-0.3, -0.25) is 19.5 Å². The first kappa shape index (κ1) is 27.6. The second-order valence-electron chi connectivity index (χ2n) is 12.3. The average Bonchev–Trinajstić information content (AvgIpc) is 3.44. The zero-order valence-corrected chi connectivity index (χ0v) is 24.0. The van der Waals surface area contributed by atoms with Gasteiger partial charge in [0.2, 0.25) is 15.9 Å². The van der Waals surface area contributed by atoms with Gasteiger partial charge in [0.1, 0.15) is 0 Å². The summed E-state index contributed by atoms with van der Waals surface area (Å²) in [5.41, 5.74) is 1.50. The van der Waals surface area contributed by atoms with Gasteiger partial charge in [-0.25, -0.2) is 12.7 Å². The van der Waals surface area contributed by atoms with E-state index in [4.69, 9.17) is 4.98 Å². The first-order chi connectivity index (χ1) is 18.2. The molecule has 38 heavy (non-hydrogen) atoms. The third-order valence-corrected chi connectivity index (χ3v) is 10.6. The summed E-state index contributed by atoms with van der Waals surface area (Å²) in [5, 5.41) is 0. The minimum absolute atomic E-state index is 0.0683. The molecule has 0 radical (unpaired) electrons. The molecule has 9 heteroatoms. The van der Waals surface area contributed by atoms with Gasteiger partial charge < -0.3 is 4.90 Å². The van der Waals surface area contributed by atoms with Gasteiger partial charge in [-0.1, -0.05) is 52.4 Å². The van der Waals surface area contributed by atoms with Crippen molar-refractivity contribution in [2.45, 2.75) is 115 Å². The van der Waals surface area contributed by atoms with E-state index >= 15 is 0 Å². The molecule has 0 unspecified atom stereocenters. The van der Waals surface area contributed by atoms with Crippen LogP contribution in [0.5, 0.6) is 0 Å². The van der Waals surface area contributed by atoms with Gasteiger partial charge in [-0.05, 0) is 50.2 Å². The summed E-state index contributed by atoms with van der Waals surface area (Å²) in [7, 11) is -3.69. The molecule has 4 aliphatic rings. The first-order valence-corrected chi connectivity index (χ1v) is 16.6. The molecule has 2 saturated heterocycles. The molecule has 0 spiro atoms. The molecule has 3 heterocycles. The normalized spacial score (nSPS) is 27.5. The Kier molecular flexibility index (Phi) is 8.15. The highest BCUT2D eigenvalue weighted by Crippen LogP contribution is 2.41. The molecule has 2 aliphatic carbocycles. The molecule has 5 rings (SSSR count). The van der Waals surface area contributed by atoms with Crippen LogP contribution in [0.25, 0.3) is 0 Å². The van der Waals surface area contributed by atoms with Crippen LogP contribution in [0.4, 0.5) is 0 Å². The van der Waals surface area contributed by atoms with Crippen molar-refractivity contribution in [1.29, 1.82) is 0 Å². The van der Waals surface area contributed by atoms with Crippen LogP contribution in [0.2, 0.25) is 0 Å². The fourth-order valence-electron chi connectivity index (χ4n) is 7.65. The van der Waals surface area contributed by atoms with Crippen LogP contribution in [0.15, 0.2) is 18.3 Å². The SMILES string of the molecule is CC(C)[C@H]1C(=O)N(S(C)(=O)=O)[C@H]2CCN(C(=O)c3ccc(CN(C4CCCCC4)C4CCCCC4)nc3)[C@H]12. The highest BCUT2D eigenvalue weighted by molar-refractivity contribution is 7.88. The van der Waals surface area contributed by atoms with Gasteiger partial charge >= 0.3 is 0 Å². The molecule has 0 N–H and O–H groups in total. The summed E-state index contributed by atoms with van der Waals surface area (Å²) in [5.74, 6) is -1.13. The van der Waals surface area contributed by atoms with Crippen LogP contribution in [0, 0.1) is 11.8 Å². The predicted octanol–water partition coefficient (Wildman–Crippen LogP) is 4.21. The van der Waals surface area contributed by atoms with E-state index in [2.05, 4.69) is 4.90 Å². The number of fused-ring (bicyclic) bond motifs is 1. The Morgan fingerprint density at radius 3 is 2.11 bits per heavy atom. The van der Waals surface area contributed by atoms with E-state index in [9.17, 15) is 18.0 Å². The second kappa shape index (κ2) is 11.2. The number of aromatic nitrogens is 1. The number of nitrogens with zero attached hydrogens (tertiary/aromatic N) is 4. The molecule has 210 valence electrons. The quantitative estimate of drug-likeness (QED) is 0.511. The van der Waals surface area contributed by atoms with E-state index in [-0.39, 0.29) is 17.7 Å². The Labute approximate surface area is 228 Å². The van der Waals surface area contributed by atoms with E-state index in [1.165, 1.54) is 64.2 Å². The first-order valence-electron chi connectivity index (χ1n) is 14.7. The number of hydrogen-bond donors (Lipinski definition) is 0. The van der Waals surface area contributed by atoms with Crippen molar-refractivity contribution in [1.82, 2.24) is 19.1 Å². The van der Waals surface area contributed by atoms with Gasteiger partial charge in [0.25, 0.3) is 5.91 Å². The van der Waals surface area contributed by atoms with Crippen LogP contribution in [-0.4, -0.2) is 76.3 Å². The minimum Gasteiger partial charge on any atom is -0.333 e. The maximum absolute atomic E-state index is 13.6. The molecule has 2 amide bonds. The molecular weight excluding hydrogens is 500 g/mol. The van der Waals surface area contributed by atoms with Crippen molar-refractivity contribution in [2.75, 3.05) is 12.8 Å². The summed E-state index contributed by atoms with van der Waals surface area (Å²) in [6, 6.07) is 4.19. The summed E-state index contributed by atoms with van der Waals surface area (Å²) >= 11 is 0. The molecule has 8 nitrogen and oxygen atoms in total. The molecule has 2 aliphatic heterocycles. The van der Waals surface area contributed by atoms with E-state index in [1.54, 1.807) is 11.1 Å². The third-order valence-electron chi connectivity index (χ3n) is 9.43. The van der Waals surface area contributed by atoms with Gasteiger partial charge in [-0.2, -0.15) is 0 Å². The average molecular weight is 545 g/mol. The number of carbonyl (C=O) groups is 2. The monoisotopic (exact) mass is 544 g/mol. The maximum Gasteiger partial charge on any atom is 0.255 e. The smallest absolute Gasteiger partial charge is 0.255 e. The van der Waals surface area contributed by atoms with E-state index in [0.717, 1.165) is 22.8 Å². The van der Waals surface area contributed by atoms with Crippen molar-refractivity contribution >= 4 is 21.8 Å². The third kappa shape index (κ3) is 5.37. The van der Waals surface area contributed by atoms with Crippen LogP contribution in [0.3, 0.4) is 0 Å². The number of carbonyl (C=O) groups excluding carboxylic acids is 2. The van der Waals surface area contributed by atoms with Gasteiger partial charge in [0.05, 0.1) is 35.5 Å². The van der Waals surface area contributed by atoms with Crippen molar-refractivity contribution < 1.29 is 18.0 Å². The topological polar surface area (TPSA) is 90.9 Å². The largest absolute Gasteiger partial charge is 0.333 e. The lowest BCUT2D eigenvalue weighted by Crippen LogP contribution is -2.45. The molecule has 3 atom stereocenters. The zero-order valence-electron chi connectivity index (χ0n) is 23.2. The van der Waals surface area contributed by atoms with Crippen molar-refractivity contribution in [3.63, 3.8) is 0 Å². The molecule has 0 aromatic carbocycles. The van der Waals surface area contributed by atoms with Crippen molar-refractivity contribution in [2.24, 2.45) is 11.8 Å². The van der Waals surface area contributed by atoms with Crippen LogP contribution >= 0.6 is 0 Å². The summed E-state index contributed by atoms with van der Waals surface area (Å²) in [6.45, 7) is 5.11. The molecule has 0 bridgehead atoms. The number of pyridine rings is 1. The number of hydrogen-bond acceptors (Lipinski definition) is 6. The molecule has 1 aromatic heterocycles. The number of sulfonamides is 1. The van der Waals surface area contributed by atoms with E-state index < -0.39 is 28.0 Å². The summed E-state index contributed by atoms with van der Waals surface area (Å²) in [6.07, 6.45) is 16.2. The fraction of sp³-hybridized carbons (Fsp3) is 0.759. The lowest BCUT2D eigenvalue weighted by Gasteiger charge is -2.41. The Morgan fingerprint density at radius 2 is 1.61 bits per heavy atom. The number of rotatable bonds is 7. The Bertz CT molecular complexity index is 1090. The zero-order chi connectivity index (χ0) is 27.0. The standard InChI is InChI=1S/C29H44N4O4S/c1-20(2)26-27-25(33(29(26)35)38(3,36)37)16-17-31(27)28(34)21-14-15-22(30-18-21)19-32(23-10-6-4-7-11-23)24-12-8-5-9-13-24/h14-15,18,20,23-27H,4-13,16-17,19H2,1-3H3/t25-,26+,27-/m0/s1. The fourth-order valence-corrected chi connectivity index (χ4v) is 8.82. The molecule has 4 fully saturated rings. The van der Waals surface area contributed by atoms with Crippen molar-refractivity contribution in [3.05, 3.63) is 29.6 Å². The summed E-state index contributed by atoms with van der Waals surface area (Å²) in [4.78, 5) is 35.9.